The molecular weight excluding hydrogens is 831 g/mol. The van der Waals surface area contributed by atoms with E-state index in [1.54, 1.807) is 0 Å². The second kappa shape index (κ2) is 10.1. The summed E-state index contributed by atoms with van der Waals surface area (Å²) in [5.74, 6) is -8.98. The van der Waals surface area contributed by atoms with Crippen LogP contribution in [-0.4, -0.2) is 45.6 Å². The molecule has 6 aromatic rings. The third-order valence-electron chi connectivity index (χ3n) is 9.06. The van der Waals surface area contributed by atoms with Crippen LogP contribution in [0.2, 0.25) is 0 Å². The van der Waals surface area contributed by atoms with Crippen molar-refractivity contribution in [2.75, 3.05) is 0 Å². The van der Waals surface area contributed by atoms with E-state index in [0.717, 1.165) is 42.5 Å². The Morgan fingerprint density at radius 1 is 0.431 bits per heavy atom. The van der Waals surface area contributed by atoms with E-state index < -0.39 is 57.4 Å². The van der Waals surface area contributed by atoms with Gasteiger partial charge in [-0.2, -0.15) is 0 Å². The van der Waals surface area contributed by atoms with Crippen LogP contribution in [0.25, 0.3) is 21.5 Å². The van der Waals surface area contributed by atoms with Crippen molar-refractivity contribution in [1.29, 1.82) is 0 Å². The van der Waals surface area contributed by atoms with Gasteiger partial charge in [0.25, 0.3) is 0 Å². The third kappa shape index (κ3) is 4.10. The summed E-state index contributed by atoms with van der Waals surface area (Å²) in [6.07, 6.45) is 0. The SMILES string of the molecule is Cc1cc2c3[n]4c(c2cc1F)N=C1N=C(N=c2c5cc(F)c(F)cc5c([n]2[Sn]4([Cl])[Cl])=NC2=NC(=N3)c3cc(F)c(F)cc32)c2cc(F)c(F)cc21. The molecule has 250 valence electrons. The zero-order valence-corrected chi connectivity index (χ0v) is 29.5. The third-order valence-corrected chi connectivity index (χ3v) is 19.1. The number of halogens is 9. The number of aromatic nitrogens is 2. The number of hydrogen-bond donors (Lipinski definition) is 0. The number of rotatable bonds is 0. The van der Waals surface area contributed by atoms with Crippen molar-refractivity contribution in [1.82, 2.24) is 5.58 Å². The van der Waals surface area contributed by atoms with Crippen LogP contribution < -0.4 is 11.0 Å². The molecule has 18 heteroatoms. The summed E-state index contributed by atoms with van der Waals surface area (Å²) in [6.45, 7) is 1.50. The van der Waals surface area contributed by atoms with Crippen molar-refractivity contribution in [2.24, 2.45) is 30.0 Å². The molecule has 0 aliphatic carbocycles. The Kier molecular flexibility index (Phi) is 6.14. The van der Waals surface area contributed by atoms with Crippen LogP contribution in [0, 0.1) is 47.6 Å². The molecule has 8 nitrogen and oxygen atoms in total. The van der Waals surface area contributed by atoms with Crippen LogP contribution in [0.4, 0.5) is 42.4 Å². The maximum atomic E-state index is 15.4. The molecule has 6 heterocycles. The van der Waals surface area contributed by atoms with Crippen LogP contribution in [0.1, 0.15) is 27.8 Å². The number of benzene rings is 4. The second-order valence-electron chi connectivity index (χ2n) is 12.0. The minimum atomic E-state index is -5.71. The monoisotopic (exact) mass is 842 g/mol. The number of nitrogens with zero attached hydrogens (tertiary/aromatic N) is 8. The van der Waals surface area contributed by atoms with Crippen LogP contribution in [0.15, 0.2) is 78.5 Å². The summed E-state index contributed by atoms with van der Waals surface area (Å²) in [7, 11) is 15.2. The summed E-state index contributed by atoms with van der Waals surface area (Å²) < 4.78 is 107. The molecule has 0 N–H and O–H groups in total. The van der Waals surface area contributed by atoms with Crippen LogP contribution in [-0.2, 0) is 0 Å². The van der Waals surface area contributed by atoms with E-state index in [4.69, 9.17) is 27.8 Å². The molecule has 0 radical (unpaired) electrons. The maximum absolute atomic E-state index is 15.4. The fourth-order valence-electron chi connectivity index (χ4n) is 6.72. The Morgan fingerprint density at radius 2 is 0.784 bits per heavy atom. The van der Waals surface area contributed by atoms with Gasteiger partial charge in [0.05, 0.1) is 0 Å². The Bertz CT molecular complexity index is 2810. The molecule has 4 aromatic carbocycles. The average molecular weight is 842 g/mol. The molecule has 0 spiro atoms. The topological polar surface area (TPSA) is 84.0 Å². The fourth-order valence-corrected chi connectivity index (χ4v) is 16.4. The molecular formula is C33H11Cl2F7N8Sn. The van der Waals surface area contributed by atoms with E-state index in [0.29, 0.717) is 0 Å². The van der Waals surface area contributed by atoms with E-state index in [1.807, 2.05) is 0 Å². The molecule has 0 saturated heterocycles. The summed E-state index contributed by atoms with van der Waals surface area (Å²) in [4.78, 5) is 27.7. The van der Waals surface area contributed by atoms with Gasteiger partial charge < -0.3 is 0 Å². The van der Waals surface area contributed by atoms with Crippen molar-refractivity contribution in [3.63, 3.8) is 0 Å². The van der Waals surface area contributed by atoms with Gasteiger partial charge in [-0.05, 0) is 0 Å². The molecule has 0 saturated carbocycles. The van der Waals surface area contributed by atoms with Crippen molar-refractivity contribution in [3.05, 3.63) is 128 Å². The van der Waals surface area contributed by atoms with Crippen LogP contribution in [0.5, 0.6) is 0 Å². The predicted molar refractivity (Wildman–Crippen MR) is 177 cm³/mol. The number of aryl methyl sites for hydroxylation is 1. The molecule has 4 aliphatic heterocycles. The van der Waals surface area contributed by atoms with E-state index in [-0.39, 0.29) is 95.3 Å². The number of fused-ring (bicyclic) bond motifs is 14. The Labute approximate surface area is 291 Å². The molecule has 0 amide bonds. The van der Waals surface area contributed by atoms with E-state index >= 15 is 13.2 Å². The number of amidine groups is 4. The van der Waals surface area contributed by atoms with E-state index in [2.05, 4.69) is 20.0 Å². The molecule has 0 unspecified atom stereocenters. The molecule has 6 bridgehead atoms. The van der Waals surface area contributed by atoms with Crippen molar-refractivity contribution >= 4 is 91.0 Å². The first kappa shape index (κ1) is 30.9. The Hall–Kier alpha value is -4.87. The summed E-state index contributed by atoms with van der Waals surface area (Å²) in [5.41, 5.74) is -0.197. The summed E-state index contributed by atoms with van der Waals surface area (Å²) >= 11 is -5.71. The van der Waals surface area contributed by atoms with Gasteiger partial charge in [-0.1, -0.05) is 0 Å². The van der Waals surface area contributed by atoms with Crippen molar-refractivity contribution < 1.29 is 30.7 Å². The van der Waals surface area contributed by atoms with Gasteiger partial charge in [-0.3, -0.25) is 0 Å². The zero-order valence-electron chi connectivity index (χ0n) is 25.1. The quantitative estimate of drug-likeness (QED) is 0.115. The van der Waals surface area contributed by atoms with E-state index in [1.165, 1.54) is 18.6 Å². The predicted octanol–water partition coefficient (Wildman–Crippen LogP) is 7.13. The zero-order chi connectivity index (χ0) is 35.4. The molecule has 4 aliphatic rings. The van der Waals surface area contributed by atoms with Gasteiger partial charge >= 0.3 is 292 Å². The standard InChI is InChI=1S/C33H11F7N8.2ClH.Sn/c1-10-2-11-12(3-19(10)34)27-41-26(11)42-28-13-4-20(35)21(36)5-14(13)30(44-28)46-32-17-8-24(39)25(40)9-18(17)33(48-32)47-31-16-7-23(38)22(37)6-15(16)29(43-27)45-31;;;/h2-9H,1H3;2*1H;/q-2;;;+4/p-2. The molecule has 0 atom stereocenters. The average Bonchev–Trinajstić information content (AvgIpc) is 3.75. The van der Waals surface area contributed by atoms with Crippen LogP contribution in [0.3, 0.4) is 0 Å². The number of hydrogen-bond acceptors (Lipinski definition) is 6. The Morgan fingerprint density at radius 3 is 1.22 bits per heavy atom. The van der Waals surface area contributed by atoms with Crippen molar-refractivity contribution in [3.8, 4) is 0 Å². The fraction of sp³-hybridized carbons (Fsp3) is 0.0303. The summed E-state index contributed by atoms with van der Waals surface area (Å²) in [5, 5.41) is 0.214. The first-order valence-electron chi connectivity index (χ1n) is 14.8. The van der Waals surface area contributed by atoms with Gasteiger partial charge in [-0.25, -0.2) is 0 Å². The van der Waals surface area contributed by atoms with Crippen molar-refractivity contribution in [2.45, 2.75) is 6.92 Å². The normalized spacial score (nSPS) is 16.2. The van der Waals surface area contributed by atoms with Gasteiger partial charge in [0.2, 0.25) is 0 Å². The first-order chi connectivity index (χ1) is 24.3. The molecule has 10 rings (SSSR count). The minimum absolute atomic E-state index is 0.00532. The second-order valence-corrected chi connectivity index (χ2v) is 25.9. The Balaban J connectivity index is 1.52. The van der Waals surface area contributed by atoms with E-state index in [9.17, 15) is 17.6 Å². The first-order valence-corrected chi connectivity index (χ1v) is 24.6. The molecule has 2 aromatic heterocycles. The van der Waals surface area contributed by atoms with Gasteiger partial charge in [0.1, 0.15) is 0 Å². The van der Waals surface area contributed by atoms with Gasteiger partial charge in [0, 0.05) is 0 Å². The molecule has 51 heavy (non-hydrogen) atoms. The molecule has 0 fully saturated rings. The van der Waals surface area contributed by atoms with Gasteiger partial charge in [0.15, 0.2) is 0 Å². The summed E-state index contributed by atoms with van der Waals surface area (Å²) in [6, 6.07) is 7.77. The number of aliphatic imine (C=N–C) groups is 4. The van der Waals surface area contributed by atoms with Crippen LogP contribution >= 0.6 is 17.8 Å². The van der Waals surface area contributed by atoms with Gasteiger partial charge in [-0.15, -0.1) is 0 Å².